The van der Waals surface area contributed by atoms with E-state index in [2.05, 4.69) is 24.6 Å². The van der Waals surface area contributed by atoms with E-state index in [9.17, 15) is 4.79 Å². The van der Waals surface area contributed by atoms with Crippen LogP contribution in [0.4, 0.5) is 0 Å². The molecule has 0 amide bonds. The van der Waals surface area contributed by atoms with Crippen LogP contribution in [0.1, 0.15) is 6.42 Å². The minimum atomic E-state index is -0.297. The second-order valence-corrected chi connectivity index (χ2v) is 3.73. The van der Waals surface area contributed by atoms with E-state index in [4.69, 9.17) is 10.5 Å². The molecule has 4 heteroatoms. The average Bonchev–Trinajstić information content (AvgIpc) is 2.26. The highest BCUT2D eigenvalue weighted by Gasteiger charge is 2.13. The maximum absolute atomic E-state index is 11.3. The molecule has 0 spiro atoms. The number of carbonyl (C=O) groups excluding carboxylic acids is 1. The highest BCUT2D eigenvalue weighted by molar-refractivity contribution is 5.70. The average molecular weight is 238 g/mol. The number of rotatable bonds is 10. The second kappa shape index (κ2) is 9.81. The van der Waals surface area contributed by atoms with E-state index in [1.807, 2.05) is 0 Å². The molecule has 2 N–H and O–H groups in total. The third kappa shape index (κ3) is 8.42. The molecule has 0 aromatic heterocycles. The Morgan fingerprint density at radius 1 is 1.24 bits per heavy atom. The van der Waals surface area contributed by atoms with Gasteiger partial charge in [0.2, 0.25) is 0 Å². The van der Waals surface area contributed by atoms with Gasteiger partial charge in [-0.25, -0.2) is 0 Å². The molecule has 0 rings (SSSR count). The van der Waals surface area contributed by atoms with Gasteiger partial charge < -0.3 is 10.5 Å². The number of ether oxygens (including phenoxy) is 1. The Morgan fingerprint density at radius 2 is 1.82 bits per heavy atom. The van der Waals surface area contributed by atoms with Crippen molar-refractivity contribution < 1.29 is 9.53 Å². The van der Waals surface area contributed by atoms with Gasteiger partial charge in [0.1, 0.15) is 6.61 Å². The Bertz CT molecular complexity index is 254. The summed E-state index contributed by atoms with van der Waals surface area (Å²) < 4.78 is 4.87. The zero-order valence-corrected chi connectivity index (χ0v) is 10.3. The van der Waals surface area contributed by atoms with Crippen molar-refractivity contribution in [2.75, 3.05) is 26.2 Å². The molecule has 0 aliphatic carbocycles. The Labute approximate surface area is 103 Å². The van der Waals surface area contributed by atoms with E-state index in [1.165, 1.54) is 6.08 Å². The summed E-state index contributed by atoms with van der Waals surface area (Å²) in [6.45, 7) is 13.1. The van der Waals surface area contributed by atoms with Crippen LogP contribution in [0.25, 0.3) is 0 Å². The first-order valence-electron chi connectivity index (χ1n) is 5.60. The third-order valence-corrected chi connectivity index (χ3v) is 2.06. The van der Waals surface area contributed by atoms with Crippen molar-refractivity contribution in [1.82, 2.24) is 4.90 Å². The summed E-state index contributed by atoms with van der Waals surface area (Å²) in [5, 5.41) is 0. The first kappa shape index (κ1) is 15.6. The van der Waals surface area contributed by atoms with E-state index >= 15 is 0 Å². The van der Waals surface area contributed by atoms with Crippen LogP contribution in [0.3, 0.4) is 0 Å². The molecule has 0 aromatic rings. The van der Waals surface area contributed by atoms with Crippen molar-refractivity contribution in [3.63, 3.8) is 0 Å². The highest BCUT2D eigenvalue weighted by atomic mass is 16.5. The van der Waals surface area contributed by atoms with Crippen molar-refractivity contribution in [3.05, 3.63) is 38.0 Å². The largest absolute Gasteiger partial charge is 0.461 e. The Hall–Kier alpha value is -1.39. The highest BCUT2D eigenvalue weighted by Crippen LogP contribution is 1.98. The number of hydrogen-bond donors (Lipinski definition) is 1. The summed E-state index contributed by atoms with van der Waals surface area (Å²) in [6.07, 6.45) is 5.34. The smallest absolute Gasteiger partial charge is 0.307 e. The van der Waals surface area contributed by atoms with E-state index in [-0.39, 0.29) is 25.0 Å². The van der Waals surface area contributed by atoms with Gasteiger partial charge in [0.15, 0.2) is 0 Å². The molecule has 0 bridgehead atoms. The number of carbonyl (C=O) groups is 1. The molecule has 0 heterocycles. The normalized spacial score (nSPS) is 11.9. The van der Waals surface area contributed by atoms with Gasteiger partial charge in [-0.15, -0.1) is 13.2 Å². The zero-order valence-electron chi connectivity index (χ0n) is 10.3. The first-order chi connectivity index (χ1) is 8.13. The molecule has 96 valence electrons. The second-order valence-electron chi connectivity index (χ2n) is 3.73. The molecule has 0 aromatic carbocycles. The number of esters is 1. The Kier molecular flexibility index (Phi) is 9.01. The first-order valence-corrected chi connectivity index (χ1v) is 5.60. The van der Waals surface area contributed by atoms with Gasteiger partial charge in [0.25, 0.3) is 0 Å². The van der Waals surface area contributed by atoms with Crippen LogP contribution in [0, 0.1) is 0 Å². The molecule has 1 unspecified atom stereocenters. The lowest BCUT2D eigenvalue weighted by Gasteiger charge is -2.22. The van der Waals surface area contributed by atoms with Crippen molar-refractivity contribution in [2.24, 2.45) is 5.73 Å². The zero-order chi connectivity index (χ0) is 13.1. The summed E-state index contributed by atoms with van der Waals surface area (Å²) in [4.78, 5) is 13.4. The lowest BCUT2D eigenvalue weighted by Crippen LogP contribution is -2.39. The van der Waals surface area contributed by atoms with Gasteiger partial charge in [0.05, 0.1) is 6.42 Å². The molecule has 1 atom stereocenters. The minimum absolute atomic E-state index is 0.207. The van der Waals surface area contributed by atoms with Gasteiger partial charge in [-0.3, -0.25) is 9.69 Å². The number of nitrogens with two attached hydrogens (primary N) is 1. The fraction of sp³-hybridized carbons (Fsp3) is 0.462. The van der Waals surface area contributed by atoms with Gasteiger partial charge in [0, 0.05) is 25.7 Å². The fourth-order valence-electron chi connectivity index (χ4n) is 1.41. The van der Waals surface area contributed by atoms with Crippen molar-refractivity contribution >= 4 is 5.97 Å². The van der Waals surface area contributed by atoms with Crippen LogP contribution < -0.4 is 5.73 Å². The van der Waals surface area contributed by atoms with Gasteiger partial charge in [-0.1, -0.05) is 24.8 Å². The van der Waals surface area contributed by atoms with Crippen LogP contribution in [-0.2, 0) is 9.53 Å². The maximum atomic E-state index is 11.3. The van der Waals surface area contributed by atoms with E-state index < -0.39 is 0 Å². The molecular formula is C13H22N2O2. The van der Waals surface area contributed by atoms with Crippen LogP contribution >= 0.6 is 0 Å². The summed E-state index contributed by atoms with van der Waals surface area (Å²) in [6, 6.07) is -0.243. The molecule has 17 heavy (non-hydrogen) atoms. The van der Waals surface area contributed by atoms with Crippen LogP contribution in [0.2, 0.25) is 0 Å². The summed E-state index contributed by atoms with van der Waals surface area (Å²) in [5.74, 6) is -0.297. The topological polar surface area (TPSA) is 55.6 Å². The molecule has 0 fully saturated rings. The fourth-order valence-corrected chi connectivity index (χ4v) is 1.41. The lowest BCUT2D eigenvalue weighted by atomic mass is 10.2. The quantitative estimate of drug-likeness (QED) is 0.457. The molecule has 0 radical (unpaired) electrons. The van der Waals surface area contributed by atoms with Crippen LogP contribution in [0.15, 0.2) is 38.0 Å². The van der Waals surface area contributed by atoms with E-state index in [0.29, 0.717) is 6.54 Å². The van der Waals surface area contributed by atoms with Crippen molar-refractivity contribution in [3.8, 4) is 0 Å². The van der Waals surface area contributed by atoms with Gasteiger partial charge in [-0.2, -0.15) is 0 Å². The molecule has 0 aliphatic rings. The van der Waals surface area contributed by atoms with Gasteiger partial charge in [-0.05, 0) is 0 Å². The number of hydrogen-bond acceptors (Lipinski definition) is 4. The van der Waals surface area contributed by atoms with Crippen LogP contribution in [-0.4, -0.2) is 43.2 Å². The molecule has 0 aliphatic heterocycles. The third-order valence-electron chi connectivity index (χ3n) is 2.06. The lowest BCUT2D eigenvalue weighted by molar-refractivity contribution is -0.142. The SMILES string of the molecule is C=CCOC(=O)CC(N)CN(CC=C)CC=C. The summed E-state index contributed by atoms with van der Waals surface area (Å²) in [7, 11) is 0. The Balaban J connectivity index is 3.98. The van der Waals surface area contributed by atoms with E-state index in [0.717, 1.165) is 13.1 Å². The molecular weight excluding hydrogens is 216 g/mol. The molecule has 0 saturated carbocycles. The van der Waals surface area contributed by atoms with E-state index in [1.54, 1.807) is 12.2 Å². The predicted octanol–water partition coefficient (Wildman–Crippen LogP) is 1.11. The van der Waals surface area contributed by atoms with Gasteiger partial charge >= 0.3 is 5.97 Å². The van der Waals surface area contributed by atoms with Crippen molar-refractivity contribution in [1.29, 1.82) is 0 Å². The summed E-state index contributed by atoms with van der Waals surface area (Å²) in [5.41, 5.74) is 5.87. The maximum Gasteiger partial charge on any atom is 0.307 e. The monoisotopic (exact) mass is 238 g/mol. The van der Waals surface area contributed by atoms with Crippen molar-refractivity contribution in [2.45, 2.75) is 12.5 Å². The van der Waals surface area contributed by atoms with Crippen LogP contribution in [0.5, 0.6) is 0 Å². The molecule has 4 nitrogen and oxygen atoms in total. The minimum Gasteiger partial charge on any atom is -0.461 e. The Morgan fingerprint density at radius 3 is 2.29 bits per heavy atom. The molecule has 0 saturated heterocycles. The summed E-state index contributed by atoms with van der Waals surface area (Å²) >= 11 is 0. The number of nitrogens with zero attached hydrogens (tertiary/aromatic N) is 1. The standard InChI is InChI=1S/C13H22N2O2/c1-4-7-15(8-5-2)11-12(14)10-13(16)17-9-6-3/h4-6,12H,1-3,7-11,14H2. The predicted molar refractivity (Wildman–Crippen MR) is 70.6 cm³/mol.